The third-order valence-electron chi connectivity index (χ3n) is 3.24. The predicted octanol–water partition coefficient (Wildman–Crippen LogP) is 3.12. The molecule has 0 aliphatic carbocycles. The predicted molar refractivity (Wildman–Crippen MR) is 80.2 cm³/mol. The molecule has 116 valence electrons. The molecule has 0 radical (unpaired) electrons. The van der Waals surface area contributed by atoms with E-state index in [9.17, 15) is 17.2 Å². The molecule has 0 unspecified atom stereocenters. The van der Waals surface area contributed by atoms with Crippen molar-refractivity contribution in [3.63, 3.8) is 0 Å². The van der Waals surface area contributed by atoms with Gasteiger partial charge in [0, 0.05) is 17.1 Å². The Hall–Kier alpha value is -2.92. The Morgan fingerprint density at radius 3 is 2.61 bits per heavy atom. The number of fused-ring (bicyclic) bond motifs is 1. The van der Waals surface area contributed by atoms with Crippen LogP contribution >= 0.6 is 0 Å². The second-order valence-corrected chi connectivity index (χ2v) is 6.41. The fourth-order valence-electron chi connectivity index (χ4n) is 2.16. The molecule has 0 aliphatic heterocycles. The van der Waals surface area contributed by atoms with Gasteiger partial charge in [0.05, 0.1) is 17.3 Å². The lowest BCUT2D eigenvalue weighted by Gasteiger charge is -2.08. The van der Waals surface area contributed by atoms with E-state index < -0.39 is 21.7 Å². The zero-order valence-corrected chi connectivity index (χ0v) is 12.3. The Morgan fingerprint density at radius 1 is 1.13 bits per heavy atom. The van der Waals surface area contributed by atoms with Gasteiger partial charge in [-0.2, -0.15) is 5.26 Å². The van der Waals surface area contributed by atoms with Gasteiger partial charge in [0.15, 0.2) is 0 Å². The van der Waals surface area contributed by atoms with Crippen molar-refractivity contribution in [2.24, 2.45) is 0 Å². The van der Waals surface area contributed by atoms with E-state index in [1.54, 1.807) is 6.07 Å². The molecule has 0 aliphatic rings. The minimum atomic E-state index is -4.08. The van der Waals surface area contributed by atoms with E-state index in [0.29, 0.717) is 5.52 Å². The molecule has 1 aromatic heterocycles. The van der Waals surface area contributed by atoms with Gasteiger partial charge in [-0.3, -0.25) is 4.72 Å². The van der Waals surface area contributed by atoms with E-state index in [4.69, 9.17) is 5.26 Å². The van der Waals surface area contributed by atoms with Crippen LogP contribution in [-0.2, 0) is 10.0 Å². The molecular formula is C15H9F2N3O2S. The van der Waals surface area contributed by atoms with Crippen LogP contribution in [0.3, 0.4) is 0 Å². The summed E-state index contributed by atoms with van der Waals surface area (Å²) < 4.78 is 53.9. The maximum atomic E-state index is 13.8. The molecular weight excluding hydrogens is 324 g/mol. The third kappa shape index (κ3) is 2.74. The lowest BCUT2D eigenvalue weighted by Crippen LogP contribution is -2.13. The zero-order chi connectivity index (χ0) is 16.6. The number of aromatic amines is 1. The van der Waals surface area contributed by atoms with Gasteiger partial charge >= 0.3 is 0 Å². The van der Waals surface area contributed by atoms with Gasteiger partial charge in [-0.05, 0) is 36.4 Å². The van der Waals surface area contributed by atoms with Crippen LogP contribution in [0.1, 0.15) is 5.56 Å². The first kappa shape index (κ1) is 15.0. The average Bonchev–Trinajstić information content (AvgIpc) is 2.93. The fourth-order valence-corrected chi connectivity index (χ4v) is 3.41. The number of hydrogen-bond donors (Lipinski definition) is 2. The average molecular weight is 333 g/mol. The van der Waals surface area contributed by atoms with E-state index in [1.165, 1.54) is 24.4 Å². The molecule has 1 heterocycles. The normalized spacial score (nSPS) is 11.3. The smallest absolute Gasteiger partial charge is 0.264 e. The summed E-state index contributed by atoms with van der Waals surface area (Å²) in [4.78, 5) is 2.53. The SMILES string of the molecule is N#Cc1ccc(NS(=O)(=O)c2c[nH]c3cc(F)ccc23)c(F)c1. The Morgan fingerprint density at radius 2 is 1.91 bits per heavy atom. The first-order chi connectivity index (χ1) is 10.9. The van der Waals surface area contributed by atoms with Crippen LogP contribution in [-0.4, -0.2) is 13.4 Å². The maximum Gasteiger partial charge on any atom is 0.264 e. The van der Waals surface area contributed by atoms with Crippen molar-refractivity contribution < 1.29 is 17.2 Å². The van der Waals surface area contributed by atoms with E-state index in [1.807, 2.05) is 0 Å². The molecule has 0 bridgehead atoms. The first-order valence-electron chi connectivity index (χ1n) is 6.40. The van der Waals surface area contributed by atoms with E-state index in [0.717, 1.165) is 18.2 Å². The van der Waals surface area contributed by atoms with Gasteiger partial charge < -0.3 is 4.98 Å². The molecule has 3 rings (SSSR count). The van der Waals surface area contributed by atoms with Crippen molar-refractivity contribution in [1.82, 2.24) is 4.98 Å². The number of anilines is 1. The lowest BCUT2D eigenvalue weighted by molar-refractivity contribution is 0.599. The molecule has 0 saturated heterocycles. The molecule has 0 spiro atoms. The van der Waals surface area contributed by atoms with Crippen LogP contribution in [0.2, 0.25) is 0 Å². The van der Waals surface area contributed by atoms with Crippen molar-refractivity contribution in [2.75, 3.05) is 4.72 Å². The van der Waals surface area contributed by atoms with Crippen LogP contribution in [0.25, 0.3) is 10.9 Å². The Kier molecular flexibility index (Phi) is 3.50. The summed E-state index contributed by atoms with van der Waals surface area (Å²) in [5, 5.41) is 8.97. The minimum Gasteiger partial charge on any atom is -0.360 e. The molecule has 2 aromatic carbocycles. The quantitative estimate of drug-likeness (QED) is 0.772. The fraction of sp³-hybridized carbons (Fsp3) is 0. The van der Waals surface area contributed by atoms with Crippen LogP contribution in [0.15, 0.2) is 47.5 Å². The van der Waals surface area contributed by atoms with Crippen LogP contribution in [0, 0.1) is 23.0 Å². The van der Waals surface area contributed by atoms with Gasteiger partial charge in [-0.25, -0.2) is 17.2 Å². The zero-order valence-electron chi connectivity index (χ0n) is 11.5. The largest absolute Gasteiger partial charge is 0.360 e. The summed E-state index contributed by atoms with van der Waals surface area (Å²) in [5.41, 5.74) is 0.110. The summed E-state index contributed by atoms with van der Waals surface area (Å²) in [7, 11) is -4.08. The number of halogens is 2. The summed E-state index contributed by atoms with van der Waals surface area (Å²) in [6, 6.07) is 8.78. The number of rotatable bonds is 3. The molecule has 5 nitrogen and oxygen atoms in total. The highest BCUT2D eigenvalue weighted by molar-refractivity contribution is 7.93. The number of sulfonamides is 1. The number of H-pyrrole nitrogens is 1. The van der Waals surface area contributed by atoms with E-state index in [2.05, 4.69) is 9.71 Å². The van der Waals surface area contributed by atoms with Crippen molar-refractivity contribution in [3.05, 3.63) is 59.8 Å². The van der Waals surface area contributed by atoms with Gasteiger partial charge in [0.1, 0.15) is 16.5 Å². The number of nitriles is 1. The Labute approximate surface area is 130 Å². The van der Waals surface area contributed by atoms with E-state index >= 15 is 0 Å². The van der Waals surface area contributed by atoms with Crippen molar-refractivity contribution >= 4 is 26.6 Å². The number of aromatic nitrogens is 1. The second-order valence-electron chi connectivity index (χ2n) is 4.75. The highest BCUT2D eigenvalue weighted by Crippen LogP contribution is 2.26. The second kappa shape index (κ2) is 5.37. The molecule has 8 heteroatoms. The summed E-state index contributed by atoms with van der Waals surface area (Å²) in [6.07, 6.45) is 1.20. The van der Waals surface area contributed by atoms with Crippen molar-refractivity contribution in [2.45, 2.75) is 4.90 Å². The van der Waals surface area contributed by atoms with Gasteiger partial charge in [0.25, 0.3) is 10.0 Å². The molecule has 3 aromatic rings. The number of nitrogens with one attached hydrogen (secondary N) is 2. The molecule has 0 saturated carbocycles. The molecule has 0 atom stereocenters. The Bertz CT molecular complexity index is 1050. The van der Waals surface area contributed by atoms with Crippen LogP contribution in [0.5, 0.6) is 0 Å². The van der Waals surface area contributed by atoms with Gasteiger partial charge in [-0.15, -0.1) is 0 Å². The molecule has 23 heavy (non-hydrogen) atoms. The standard InChI is InChI=1S/C15H9F2N3O2S/c16-10-2-3-11-14(6-10)19-8-15(11)23(21,22)20-13-4-1-9(7-18)5-12(13)17/h1-6,8,19-20H. The topological polar surface area (TPSA) is 85.8 Å². The van der Waals surface area contributed by atoms with Crippen LogP contribution < -0.4 is 4.72 Å². The van der Waals surface area contributed by atoms with Gasteiger partial charge in [0.2, 0.25) is 0 Å². The summed E-state index contributed by atoms with van der Waals surface area (Å²) in [6.45, 7) is 0. The molecule has 0 fully saturated rings. The van der Waals surface area contributed by atoms with Crippen molar-refractivity contribution in [3.8, 4) is 6.07 Å². The monoisotopic (exact) mass is 333 g/mol. The molecule has 0 amide bonds. The molecule has 2 N–H and O–H groups in total. The summed E-state index contributed by atoms with van der Waals surface area (Å²) >= 11 is 0. The minimum absolute atomic E-state index is 0.0769. The van der Waals surface area contributed by atoms with Crippen LogP contribution in [0.4, 0.5) is 14.5 Å². The maximum absolute atomic E-state index is 13.8. The first-order valence-corrected chi connectivity index (χ1v) is 7.88. The number of nitrogens with zero attached hydrogens (tertiary/aromatic N) is 1. The highest BCUT2D eigenvalue weighted by atomic mass is 32.2. The lowest BCUT2D eigenvalue weighted by atomic mass is 10.2. The third-order valence-corrected chi connectivity index (χ3v) is 4.64. The number of benzene rings is 2. The van der Waals surface area contributed by atoms with E-state index in [-0.39, 0.29) is 21.5 Å². The Balaban J connectivity index is 2.03. The van der Waals surface area contributed by atoms with Gasteiger partial charge in [-0.1, -0.05) is 0 Å². The van der Waals surface area contributed by atoms with Crippen molar-refractivity contribution in [1.29, 1.82) is 5.26 Å². The summed E-state index contributed by atoms with van der Waals surface area (Å²) in [5.74, 6) is -1.37. The number of hydrogen-bond acceptors (Lipinski definition) is 3. The highest BCUT2D eigenvalue weighted by Gasteiger charge is 2.20.